The van der Waals surface area contributed by atoms with Crippen LogP contribution in [0.1, 0.15) is 31.7 Å². The van der Waals surface area contributed by atoms with E-state index in [1.54, 1.807) is 0 Å². The summed E-state index contributed by atoms with van der Waals surface area (Å²) in [5.74, 6) is 1.01. The molecule has 2 rings (SSSR count). The van der Waals surface area contributed by atoms with Gasteiger partial charge in [0.05, 0.1) is 11.6 Å². The fourth-order valence-corrected chi connectivity index (χ4v) is 4.78. The van der Waals surface area contributed by atoms with Crippen molar-refractivity contribution in [3.05, 3.63) is 27.7 Å². The summed E-state index contributed by atoms with van der Waals surface area (Å²) >= 11 is 11.9. The summed E-state index contributed by atoms with van der Waals surface area (Å²) < 4.78 is 27.4. The molecule has 4 nitrogen and oxygen atoms in total. The maximum atomic E-state index is 12.4. The highest BCUT2D eigenvalue weighted by molar-refractivity contribution is 7.89. The van der Waals surface area contributed by atoms with Crippen molar-refractivity contribution in [1.29, 1.82) is 0 Å². The number of hydrogen-bond donors (Lipinski definition) is 2. The Hall–Kier alpha value is -0.330. The summed E-state index contributed by atoms with van der Waals surface area (Å²) in [6.07, 6.45) is 3.21. The van der Waals surface area contributed by atoms with Gasteiger partial charge in [0.1, 0.15) is 4.90 Å². The third-order valence-electron chi connectivity index (χ3n) is 3.90. The largest absolute Gasteiger partial charge is 0.392 e. The average Bonchev–Trinajstić information content (AvgIpc) is 2.84. The van der Waals surface area contributed by atoms with E-state index in [2.05, 4.69) is 11.6 Å². The van der Waals surface area contributed by atoms with Crippen LogP contribution in [0, 0.1) is 11.8 Å². The molecule has 21 heavy (non-hydrogen) atoms. The van der Waals surface area contributed by atoms with Crippen molar-refractivity contribution in [3.63, 3.8) is 0 Å². The molecule has 2 N–H and O–H groups in total. The zero-order valence-electron chi connectivity index (χ0n) is 11.8. The van der Waals surface area contributed by atoms with E-state index in [1.807, 2.05) is 0 Å². The maximum Gasteiger partial charge on any atom is 0.242 e. The first-order chi connectivity index (χ1) is 9.83. The van der Waals surface area contributed by atoms with Crippen LogP contribution >= 0.6 is 23.2 Å². The van der Waals surface area contributed by atoms with Crippen LogP contribution in [-0.4, -0.2) is 20.1 Å². The van der Waals surface area contributed by atoms with Gasteiger partial charge in [-0.3, -0.25) is 0 Å². The molecule has 2 atom stereocenters. The lowest BCUT2D eigenvalue weighted by molar-refractivity contribution is 0.281. The van der Waals surface area contributed by atoms with Gasteiger partial charge in [-0.2, -0.15) is 0 Å². The van der Waals surface area contributed by atoms with Crippen molar-refractivity contribution in [1.82, 2.24) is 4.72 Å². The number of hydrogen-bond acceptors (Lipinski definition) is 3. The van der Waals surface area contributed by atoms with Gasteiger partial charge < -0.3 is 5.11 Å². The maximum absolute atomic E-state index is 12.4. The van der Waals surface area contributed by atoms with Crippen LogP contribution in [0.2, 0.25) is 10.0 Å². The quantitative estimate of drug-likeness (QED) is 0.855. The number of sulfonamides is 1. The van der Waals surface area contributed by atoms with Crippen molar-refractivity contribution in [2.75, 3.05) is 6.54 Å². The third kappa shape index (κ3) is 4.11. The number of halogens is 2. The lowest BCUT2D eigenvalue weighted by atomic mass is 10.1. The molecule has 7 heteroatoms. The number of aliphatic hydroxyl groups is 1. The summed E-state index contributed by atoms with van der Waals surface area (Å²) in [5, 5.41) is 9.46. The fourth-order valence-electron chi connectivity index (χ4n) is 2.74. The van der Waals surface area contributed by atoms with Gasteiger partial charge in [-0.05, 0) is 42.4 Å². The van der Waals surface area contributed by atoms with Crippen molar-refractivity contribution >= 4 is 33.2 Å². The minimum atomic E-state index is -3.73. The molecule has 1 aliphatic carbocycles. The molecule has 2 unspecified atom stereocenters. The zero-order valence-corrected chi connectivity index (χ0v) is 14.1. The Labute approximate surface area is 135 Å². The van der Waals surface area contributed by atoms with E-state index < -0.39 is 10.0 Å². The standard InChI is InChI=1S/C14H19Cl2NO3S/c1-9-2-3-10(4-9)7-17-21(19,20)13-6-12(15)5-11(8-18)14(13)16/h5-6,9-10,17-18H,2-4,7-8H2,1H3. The highest BCUT2D eigenvalue weighted by Gasteiger charge is 2.25. The van der Waals surface area contributed by atoms with Gasteiger partial charge in [-0.15, -0.1) is 0 Å². The van der Waals surface area contributed by atoms with Crippen LogP contribution < -0.4 is 4.72 Å². The van der Waals surface area contributed by atoms with Crippen LogP contribution in [0.5, 0.6) is 0 Å². The first kappa shape index (κ1) is 17.0. The average molecular weight is 352 g/mol. The van der Waals surface area contributed by atoms with E-state index in [9.17, 15) is 13.5 Å². The third-order valence-corrected chi connectivity index (χ3v) is 6.13. The van der Waals surface area contributed by atoms with Crippen molar-refractivity contribution < 1.29 is 13.5 Å². The normalized spacial score (nSPS) is 22.7. The molecule has 0 aromatic heterocycles. The van der Waals surface area contributed by atoms with Gasteiger partial charge in [0.2, 0.25) is 10.0 Å². The molecule has 0 amide bonds. The Morgan fingerprint density at radius 1 is 1.33 bits per heavy atom. The van der Waals surface area contributed by atoms with Gasteiger partial charge in [0, 0.05) is 11.6 Å². The lowest BCUT2D eigenvalue weighted by Crippen LogP contribution is -2.29. The van der Waals surface area contributed by atoms with Gasteiger partial charge >= 0.3 is 0 Å². The van der Waals surface area contributed by atoms with Crippen LogP contribution in [0.4, 0.5) is 0 Å². The molecular formula is C14H19Cl2NO3S. The highest BCUT2D eigenvalue weighted by atomic mass is 35.5. The SMILES string of the molecule is CC1CCC(CNS(=O)(=O)c2cc(Cl)cc(CO)c2Cl)C1. The van der Waals surface area contributed by atoms with Crippen molar-refractivity contribution in [2.45, 2.75) is 37.7 Å². The molecule has 0 saturated heterocycles. The van der Waals surface area contributed by atoms with E-state index in [0.717, 1.165) is 19.3 Å². The van der Waals surface area contributed by atoms with E-state index in [0.29, 0.717) is 23.9 Å². The molecule has 0 spiro atoms. The molecule has 1 saturated carbocycles. The van der Waals surface area contributed by atoms with Crippen molar-refractivity contribution in [3.8, 4) is 0 Å². The number of rotatable bonds is 5. The van der Waals surface area contributed by atoms with Gasteiger partial charge in [-0.1, -0.05) is 36.5 Å². The van der Waals surface area contributed by atoms with E-state index in [4.69, 9.17) is 23.2 Å². The number of benzene rings is 1. The molecule has 1 aromatic rings. The fraction of sp³-hybridized carbons (Fsp3) is 0.571. The van der Waals surface area contributed by atoms with Gasteiger partial charge in [0.25, 0.3) is 0 Å². The summed E-state index contributed by atoms with van der Waals surface area (Å²) in [6.45, 7) is 2.22. The number of aliphatic hydroxyl groups excluding tert-OH is 1. The lowest BCUT2D eigenvalue weighted by Gasteiger charge is -2.14. The number of nitrogens with one attached hydrogen (secondary N) is 1. The first-order valence-corrected chi connectivity index (χ1v) is 9.16. The molecule has 1 aromatic carbocycles. The monoisotopic (exact) mass is 351 g/mol. The van der Waals surface area contributed by atoms with E-state index in [-0.39, 0.29) is 21.5 Å². The van der Waals surface area contributed by atoms with Crippen LogP contribution in [-0.2, 0) is 16.6 Å². The topological polar surface area (TPSA) is 66.4 Å². The zero-order chi connectivity index (χ0) is 15.6. The van der Waals surface area contributed by atoms with Gasteiger partial charge in [-0.25, -0.2) is 13.1 Å². The van der Waals surface area contributed by atoms with Crippen molar-refractivity contribution in [2.24, 2.45) is 11.8 Å². The van der Waals surface area contributed by atoms with E-state index in [1.165, 1.54) is 12.1 Å². The van der Waals surface area contributed by atoms with Crippen LogP contribution in [0.25, 0.3) is 0 Å². The predicted octanol–water partition coefficient (Wildman–Crippen LogP) is 3.20. The minimum Gasteiger partial charge on any atom is -0.392 e. The predicted molar refractivity (Wildman–Crippen MR) is 84.1 cm³/mol. The molecule has 1 aliphatic rings. The second-order valence-electron chi connectivity index (χ2n) is 5.67. The molecule has 0 bridgehead atoms. The van der Waals surface area contributed by atoms with Gasteiger partial charge in [0.15, 0.2) is 0 Å². The molecule has 0 radical (unpaired) electrons. The highest BCUT2D eigenvalue weighted by Crippen LogP contribution is 2.32. The summed E-state index contributed by atoms with van der Waals surface area (Å²) in [6, 6.07) is 2.77. The summed E-state index contributed by atoms with van der Waals surface area (Å²) in [4.78, 5) is -0.0771. The molecule has 1 fully saturated rings. The molecule has 0 heterocycles. The minimum absolute atomic E-state index is 0.0224. The second kappa shape index (κ2) is 6.84. The smallest absolute Gasteiger partial charge is 0.242 e. The van der Waals surface area contributed by atoms with Crippen LogP contribution in [0.3, 0.4) is 0 Å². The molecular weight excluding hydrogens is 333 g/mol. The molecule has 118 valence electrons. The second-order valence-corrected chi connectivity index (χ2v) is 8.22. The van der Waals surface area contributed by atoms with E-state index >= 15 is 0 Å². The van der Waals surface area contributed by atoms with Crippen LogP contribution in [0.15, 0.2) is 17.0 Å². The Bertz CT molecular complexity index is 619. The Balaban J connectivity index is 2.17. The Morgan fingerprint density at radius 3 is 2.62 bits per heavy atom. The Kier molecular flexibility index (Phi) is 5.54. The summed E-state index contributed by atoms with van der Waals surface area (Å²) in [7, 11) is -3.73. The Morgan fingerprint density at radius 2 is 2.05 bits per heavy atom. The first-order valence-electron chi connectivity index (χ1n) is 6.92. The molecule has 0 aliphatic heterocycles. The summed E-state index contributed by atoms with van der Waals surface area (Å²) in [5.41, 5.74) is 0.305.